The van der Waals surface area contributed by atoms with Gasteiger partial charge in [0.25, 0.3) is 11.8 Å². The first-order valence-electron chi connectivity index (χ1n) is 10.6. The second kappa shape index (κ2) is 11.6. The third kappa shape index (κ3) is 6.49. The number of nitrogens with zero attached hydrogens (tertiary/aromatic N) is 1. The molecule has 3 rings (SSSR count). The van der Waals surface area contributed by atoms with Gasteiger partial charge in [-0.25, -0.2) is 4.98 Å². The lowest BCUT2D eigenvalue weighted by Crippen LogP contribution is -2.41. The van der Waals surface area contributed by atoms with Gasteiger partial charge in [-0.2, -0.15) is 0 Å². The van der Waals surface area contributed by atoms with Crippen molar-refractivity contribution in [3.63, 3.8) is 0 Å². The third-order valence-electron chi connectivity index (χ3n) is 5.06. The maximum atomic E-state index is 12.8. The Morgan fingerprint density at radius 3 is 2.66 bits per heavy atom. The molecule has 1 aliphatic heterocycles. The van der Waals surface area contributed by atoms with Crippen LogP contribution in [0.4, 0.5) is 0 Å². The Hall–Kier alpha value is -3.01. The van der Waals surface area contributed by atoms with Gasteiger partial charge in [0, 0.05) is 43.3 Å². The fourth-order valence-electron chi connectivity index (χ4n) is 3.40. The number of aromatic nitrogens is 1. The summed E-state index contributed by atoms with van der Waals surface area (Å²) in [7, 11) is 3.13. The van der Waals surface area contributed by atoms with Gasteiger partial charge in [-0.3, -0.25) is 9.59 Å². The average molecular weight is 443 g/mol. The lowest BCUT2D eigenvalue weighted by Gasteiger charge is -2.27. The molecule has 0 saturated carbocycles. The second-order valence-corrected chi connectivity index (χ2v) is 7.55. The summed E-state index contributed by atoms with van der Waals surface area (Å²) in [5.41, 5.74) is 7.80. The number of benzene rings is 1. The number of hydrogen-bond donors (Lipinski definition) is 3. The van der Waals surface area contributed by atoms with Crippen molar-refractivity contribution in [1.82, 2.24) is 15.6 Å². The second-order valence-electron chi connectivity index (χ2n) is 7.55. The maximum Gasteiger partial charge on any atom is 0.269 e. The molecule has 0 radical (unpaired) electrons. The molecule has 0 atom stereocenters. The summed E-state index contributed by atoms with van der Waals surface area (Å²) in [5.74, 6) is 0.0933. The van der Waals surface area contributed by atoms with Crippen molar-refractivity contribution in [3.05, 3.63) is 58.9 Å². The van der Waals surface area contributed by atoms with Crippen molar-refractivity contribution in [2.45, 2.75) is 31.6 Å². The predicted octanol–water partition coefficient (Wildman–Crippen LogP) is 1.25. The van der Waals surface area contributed by atoms with Gasteiger partial charge >= 0.3 is 0 Å². The summed E-state index contributed by atoms with van der Waals surface area (Å²) in [4.78, 5) is 29.4. The van der Waals surface area contributed by atoms with E-state index in [1.165, 1.54) is 13.1 Å². The Morgan fingerprint density at radius 1 is 1.19 bits per heavy atom. The van der Waals surface area contributed by atoms with E-state index >= 15 is 0 Å². The molecule has 0 unspecified atom stereocenters. The number of ether oxygens (including phenoxy) is 3. The summed E-state index contributed by atoms with van der Waals surface area (Å²) in [6.45, 7) is 1.41. The molecule has 0 bridgehead atoms. The van der Waals surface area contributed by atoms with E-state index in [0.29, 0.717) is 50.3 Å². The number of carbonyl (C=O) groups is 2. The molecule has 9 heteroatoms. The predicted molar refractivity (Wildman–Crippen MR) is 119 cm³/mol. The molecule has 1 saturated heterocycles. The standard InChI is InChI=1S/C23H30N4O5/c1-25-23(29)19-12-16(11-18(27-19)10-15-6-3-4-7-20(15)30-2)22(28)26-9-5-8-21-31-13-17(24)14-32-21/h3-4,6-7,11-12,17,21H,5,8-10,13-14,24H2,1-2H3,(H,25,29)(H,26,28). The minimum Gasteiger partial charge on any atom is -0.496 e. The van der Waals surface area contributed by atoms with Crippen LogP contribution < -0.4 is 21.1 Å². The Morgan fingerprint density at radius 2 is 1.94 bits per heavy atom. The highest BCUT2D eigenvalue weighted by atomic mass is 16.7. The van der Waals surface area contributed by atoms with Gasteiger partial charge in [0.2, 0.25) is 0 Å². The largest absolute Gasteiger partial charge is 0.496 e. The monoisotopic (exact) mass is 442 g/mol. The molecule has 2 aromatic rings. The van der Waals surface area contributed by atoms with Crippen molar-refractivity contribution in [1.29, 1.82) is 0 Å². The smallest absolute Gasteiger partial charge is 0.269 e. The Balaban J connectivity index is 1.65. The molecule has 1 fully saturated rings. The molecule has 1 aliphatic rings. The SMILES string of the molecule is CNC(=O)c1cc(C(=O)NCCCC2OCC(N)CO2)cc(Cc2ccccc2OC)n1. The van der Waals surface area contributed by atoms with Gasteiger partial charge in [0.05, 0.1) is 26.4 Å². The summed E-state index contributed by atoms with van der Waals surface area (Å²) < 4.78 is 16.4. The molecular weight excluding hydrogens is 412 g/mol. The first-order valence-corrected chi connectivity index (χ1v) is 10.6. The van der Waals surface area contributed by atoms with E-state index in [4.69, 9.17) is 19.9 Å². The van der Waals surface area contributed by atoms with Gasteiger partial charge in [0.1, 0.15) is 11.4 Å². The zero-order chi connectivity index (χ0) is 22.9. The minimum absolute atomic E-state index is 0.0859. The van der Waals surface area contributed by atoms with Crippen LogP contribution in [-0.2, 0) is 15.9 Å². The number of para-hydroxylation sites is 1. The number of amides is 2. The quantitative estimate of drug-likeness (QED) is 0.499. The number of carbonyl (C=O) groups excluding carboxylic acids is 2. The van der Waals surface area contributed by atoms with Crippen molar-refractivity contribution in [2.75, 3.05) is 33.9 Å². The minimum atomic E-state index is -0.356. The molecule has 0 spiro atoms. The topological polar surface area (TPSA) is 125 Å². The normalized spacial score (nSPS) is 18.1. The lowest BCUT2D eigenvalue weighted by atomic mass is 10.1. The molecule has 1 aromatic carbocycles. The Labute approximate surface area is 187 Å². The van der Waals surface area contributed by atoms with E-state index < -0.39 is 0 Å². The molecule has 2 amide bonds. The van der Waals surface area contributed by atoms with Crippen LogP contribution in [0.15, 0.2) is 36.4 Å². The lowest BCUT2D eigenvalue weighted by molar-refractivity contribution is -0.188. The third-order valence-corrected chi connectivity index (χ3v) is 5.06. The summed E-state index contributed by atoms with van der Waals surface area (Å²) >= 11 is 0. The molecule has 0 aliphatic carbocycles. The van der Waals surface area contributed by atoms with Gasteiger partial charge in [-0.15, -0.1) is 0 Å². The first-order chi connectivity index (χ1) is 15.5. The van der Waals surface area contributed by atoms with Crippen LogP contribution in [0.2, 0.25) is 0 Å². The summed E-state index contributed by atoms with van der Waals surface area (Å²) in [6.07, 6.45) is 1.48. The van der Waals surface area contributed by atoms with Crippen LogP contribution >= 0.6 is 0 Å². The number of hydrogen-bond acceptors (Lipinski definition) is 7. The summed E-state index contributed by atoms with van der Waals surface area (Å²) in [6, 6.07) is 10.7. The highest BCUT2D eigenvalue weighted by Crippen LogP contribution is 2.21. The van der Waals surface area contributed by atoms with E-state index in [-0.39, 0.29) is 29.8 Å². The van der Waals surface area contributed by atoms with Gasteiger partial charge in [-0.1, -0.05) is 18.2 Å². The zero-order valence-electron chi connectivity index (χ0n) is 18.4. The molecule has 4 N–H and O–H groups in total. The van der Waals surface area contributed by atoms with E-state index in [9.17, 15) is 9.59 Å². The highest BCUT2D eigenvalue weighted by molar-refractivity contribution is 5.98. The number of rotatable bonds is 9. The Bertz CT molecular complexity index is 928. The van der Waals surface area contributed by atoms with Crippen LogP contribution in [0.3, 0.4) is 0 Å². The molecule has 2 heterocycles. The van der Waals surface area contributed by atoms with Crippen LogP contribution in [0.5, 0.6) is 5.75 Å². The van der Waals surface area contributed by atoms with E-state index in [1.807, 2.05) is 24.3 Å². The molecule has 32 heavy (non-hydrogen) atoms. The molecule has 172 valence electrons. The average Bonchev–Trinajstić information content (AvgIpc) is 2.82. The Kier molecular flexibility index (Phi) is 8.55. The fraction of sp³-hybridized carbons (Fsp3) is 0.435. The van der Waals surface area contributed by atoms with Crippen LogP contribution in [0.1, 0.15) is 44.9 Å². The zero-order valence-corrected chi connectivity index (χ0v) is 18.4. The van der Waals surface area contributed by atoms with Gasteiger partial charge in [-0.05, 0) is 24.6 Å². The number of methoxy groups -OCH3 is 1. The van der Waals surface area contributed by atoms with E-state index in [2.05, 4.69) is 15.6 Å². The highest BCUT2D eigenvalue weighted by Gasteiger charge is 2.19. The first kappa shape index (κ1) is 23.6. The number of nitrogens with one attached hydrogen (secondary N) is 2. The van der Waals surface area contributed by atoms with Crippen molar-refractivity contribution in [3.8, 4) is 5.75 Å². The van der Waals surface area contributed by atoms with Crippen LogP contribution in [0.25, 0.3) is 0 Å². The van der Waals surface area contributed by atoms with Crippen LogP contribution in [-0.4, -0.2) is 63.0 Å². The van der Waals surface area contributed by atoms with Crippen molar-refractivity contribution >= 4 is 11.8 Å². The fourth-order valence-corrected chi connectivity index (χ4v) is 3.40. The molecular formula is C23H30N4O5. The summed E-state index contributed by atoms with van der Waals surface area (Å²) in [5, 5.41) is 5.44. The van der Waals surface area contributed by atoms with E-state index in [0.717, 1.165) is 11.3 Å². The van der Waals surface area contributed by atoms with Crippen LogP contribution in [0, 0.1) is 0 Å². The molecule has 1 aromatic heterocycles. The van der Waals surface area contributed by atoms with E-state index in [1.54, 1.807) is 13.2 Å². The van der Waals surface area contributed by atoms with Crippen molar-refractivity contribution in [2.24, 2.45) is 5.73 Å². The number of pyridine rings is 1. The number of nitrogens with two attached hydrogens (primary N) is 1. The van der Waals surface area contributed by atoms with Gasteiger partial charge < -0.3 is 30.6 Å². The van der Waals surface area contributed by atoms with Crippen molar-refractivity contribution < 1.29 is 23.8 Å². The van der Waals surface area contributed by atoms with Gasteiger partial charge in [0.15, 0.2) is 6.29 Å². The maximum absolute atomic E-state index is 12.8. The molecule has 9 nitrogen and oxygen atoms in total.